The van der Waals surface area contributed by atoms with E-state index in [0.717, 1.165) is 56.8 Å². The lowest BCUT2D eigenvalue weighted by Gasteiger charge is -2.35. The predicted molar refractivity (Wildman–Crippen MR) is 120 cm³/mol. The zero-order valence-corrected chi connectivity index (χ0v) is 18.6. The molecular formula is C23H35N5O2. The van der Waals surface area contributed by atoms with Gasteiger partial charge < -0.3 is 19.9 Å². The van der Waals surface area contributed by atoms with Crippen LogP contribution in [0.25, 0.3) is 0 Å². The predicted octanol–water partition coefficient (Wildman–Crippen LogP) is 3.24. The number of guanidine groups is 1. The van der Waals surface area contributed by atoms with E-state index in [4.69, 9.17) is 14.3 Å². The summed E-state index contributed by atoms with van der Waals surface area (Å²) >= 11 is 0. The number of morpholine rings is 1. The summed E-state index contributed by atoms with van der Waals surface area (Å²) in [5.74, 6) is 1.91. The number of benzene rings is 1. The van der Waals surface area contributed by atoms with E-state index in [1.54, 1.807) is 0 Å². The average Bonchev–Trinajstić information content (AvgIpc) is 3.23. The fraction of sp³-hybridized carbons (Fsp3) is 0.565. The molecule has 0 radical (unpaired) electrons. The Morgan fingerprint density at radius 2 is 1.90 bits per heavy atom. The van der Waals surface area contributed by atoms with Gasteiger partial charge in [-0.2, -0.15) is 0 Å². The third-order valence-corrected chi connectivity index (χ3v) is 5.32. The van der Waals surface area contributed by atoms with Crippen molar-refractivity contribution < 1.29 is 9.26 Å². The highest BCUT2D eigenvalue weighted by Crippen LogP contribution is 2.22. The van der Waals surface area contributed by atoms with Crippen LogP contribution in [0.5, 0.6) is 0 Å². The molecule has 30 heavy (non-hydrogen) atoms. The molecule has 0 amide bonds. The molecule has 2 heterocycles. The van der Waals surface area contributed by atoms with Crippen molar-refractivity contribution in [3.05, 3.63) is 52.9 Å². The lowest BCUT2D eigenvalue weighted by Crippen LogP contribution is -2.46. The van der Waals surface area contributed by atoms with Crippen LogP contribution in [0.4, 0.5) is 0 Å². The van der Waals surface area contributed by atoms with E-state index in [2.05, 4.69) is 72.7 Å². The summed E-state index contributed by atoms with van der Waals surface area (Å²) in [4.78, 5) is 7.18. The molecule has 1 aromatic heterocycles. The van der Waals surface area contributed by atoms with Crippen molar-refractivity contribution in [3.63, 3.8) is 0 Å². The Kier molecular flexibility index (Phi) is 8.28. The van der Waals surface area contributed by atoms with Gasteiger partial charge in [0.05, 0.1) is 24.9 Å². The maximum atomic E-state index is 5.56. The van der Waals surface area contributed by atoms with Gasteiger partial charge in [-0.25, -0.2) is 4.99 Å². The highest BCUT2D eigenvalue weighted by atomic mass is 16.5. The van der Waals surface area contributed by atoms with E-state index in [9.17, 15) is 0 Å². The summed E-state index contributed by atoms with van der Waals surface area (Å²) in [6.45, 7) is 13.9. The molecular weight excluding hydrogens is 378 g/mol. The van der Waals surface area contributed by atoms with Gasteiger partial charge in [0.1, 0.15) is 6.54 Å². The molecule has 164 valence electrons. The Labute approximate surface area is 179 Å². The molecule has 1 unspecified atom stereocenters. The van der Waals surface area contributed by atoms with Gasteiger partial charge in [0.15, 0.2) is 11.7 Å². The first kappa shape index (κ1) is 22.3. The van der Waals surface area contributed by atoms with Crippen molar-refractivity contribution >= 4 is 5.96 Å². The topological polar surface area (TPSA) is 74.9 Å². The van der Waals surface area contributed by atoms with Gasteiger partial charge in [-0.3, -0.25) is 4.90 Å². The lowest BCUT2D eigenvalue weighted by molar-refractivity contribution is 0.0170. The van der Waals surface area contributed by atoms with Crippen LogP contribution in [0.1, 0.15) is 55.3 Å². The number of aromatic nitrogens is 1. The van der Waals surface area contributed by atoms with Crippen LogP contribution in [0, 0.1) is 6.92 Å². The number of hydrogen-bond acceptors (Lipinski definition) is 5. The molecule has 7 heteroatoms. The van der Waals surface area contributed by atoms with Crippen LogP contribution >= 0.6 is 0 Å². The second kappa shape index (κ2) is 11.1. The largest absolute Gasteiger partial charge is 0.379 e. The molecule has 3 rings (SSSR count). The van der Waals surface area contributed by atoms with Crippen LogP contribution < -0.4 is 10.6 Å². The van der Waals surface area contributed by atoms with Gasteiger partial charge in [0, 0.05) is 32.2 Å². The molecule has 1 atom stereocenters. The van der Waals surface area contributed by atoms with Crippen LogP contribution in [0.15, 0.2) is 39.8 Å². The minimum absolute atomic E-state index is 0.260. The first-order chi connectivity index (χ1) is 14.6. The van der Waals surface area contributed by atoms with E-state index >= 15 is 0 Å². The Hall–Kier alpha value is -2.38. The molecule has 0 aliphatic carbocycles. The molecule has 1 aliphatic rings. The van der Waals surface area contributed by atoms with Crippen molar-refractivity contribution in [3.8, 4) is 0 Å². The van der Waals surface area contributed by atoms with Gasteiger partial charge in [0.25, 0.3) is 0 Å². The number of nitrogens with zero attached hydrogens (tertiary/aromatic N) is 3. The Balaban J connectivity index is 1.68. The molecule has 0 bridgehead atoms. The zero-order valence-electron chi connectivity index (χ0n) is 18.6. The van der Waals surface area contributed by atoms with E-state index in [1.807, 2.05) is 6.07 Å². The molecule has 7 nitrogen and oxygen atoms in total. The third-order valence-electron chi connectivity index (χ3n) is 5.32. The van der Waals surface area contributed by atoms with Gasteiger partial charge >= 0.3 is 0 Å². The maximum absolute atomic E-state index is 5.56. The van der Waals surface area contributed by atoms with Gasteiger partial charge in [-0.05, 0) is 25.3 Å². The third kappa shape index (κ3) is 6.31. The Bertz CT molecular complexity index is 794. The summed E-state index contributed by atoms with van der Waals surface area (Å²) in [5, 5.41) is 11.0. The van der Waals surface area contributed by atoms with Gasteiger partial charge in [-0.15, -0.1) is 0 Å². The molecule has 2 aromatic rings. The molecule has 1 saturated heterocycles. The molecule has 2 N–H and O–H groups in total. The molecule has 1 aliphatic heterocycles. The molecule has 1 aromatic carbocycles. The second-order valence-corrected chi connectivity index (χ2v) is 8.02. The summed E-state index contributed by atoms with van der Waals surface area (Å²) in [6, 6.07) is 11.1. The minimum atomic E-state index is 0.260. The summed E-state index contributed by atoms with van der Waals surface area (Å²) in [7, 11) is 0. The van der Waals surface area contributed by atoms with Crippen molar-refractivity contribution in [2.24, 2.45) is 4.99 Å². The SMILES string of the molecule is CCNC(=NCc1cc(C(C)C)no1)NCC(c1ccc(C)cc1)N1CCOCC1. The smallest absolute Gasteiger partial charge is 0.191 e. The van der Waals surface area contributed by atoms with Crippen LogP contribution in [0.2, 0.25) is 0 Å². The number of hydrogen-bond donors (Lipinski definition) is 2. The van der Waals surface area contributed by atoms with E-state index in [-0.39, 0.29) is 6.04 Å². The molecule has 0 spiro atoms. The average molecular weight is 414 g/mol. The number of rotatable bonds is 8. The fourth-order valence-electron chi connectivity index (χ4n) is 3.50. The van der Waals surface area contributed by atoms with Crippen molar-refractivity contribution in [1.82, 2.24) is 20.7 Å². The van der Waals surface area contributed by atoms with Crippen LogP contribution in [-0.2, 0) is 11.3 Å². The normalized spacial score (nSPS) is 16.6. The van der Waals surface area contributed by atoms with E-state index in [1.165, 1.54) is 11.1 Å². The zero-order chi connectivity index (χ0) is 21.3. The highest BCUT2D eigenvalue weighted by Gasteiger charge is 2.23. The van der Waals surface area contributed by atoms with Crippen LogP contribution in [-0.4, -0.2) is 55.4 Å². The maximum Gasteiger partial charge on any atom is 0.191 e. The molecule has 1 fully saturated rings. The molecule has 0 saturated carbocycles. The first-order valence-corrected chi connectivity index (χ1v) is 10.9. The first-order valence-electron chi connectivity index (χ1n) is 10.9. The number of aryl methyl sites for hydroxylation is 1. The highest BCUT2D eigenvalue weighted by molar-refractivity contribution is 5.79. The van der Waals surface area contributed by atoms with Crippen molar-refractivity contribution in [2.75, 3.05) is 39.4 Å². The number of aliphatic imine (C=N–C) groups is 1. The monoisotopic (exact) mass is 413 g/mol. The fourth-order valence-corrected chi connectivity index (χ4v) is 3.50. The Morgan fingerprint density at radius 3 is 2.53 bits per heavy atom. The van der Waals surface area contributed by atoms with Crippen molar-refractivity contribution in [1.29, 1.82) is 0 Å². The summed E-state index contributed by atoms with van der Waals surface area (Å²) in [6.07, 6.45) is 0. The second-order valence-electron chi connectivity index (χ2n) is 8.02. The van der Waals surface area contributed by atoms with E-state index < -0.39 is 0 Å². The number of nitrogens with one attached hydrogen (secondary N) is 2. The van der Waals surface area contributed by atoms with Crippen molar-refractivity contribution in [2.45, 2.75) is 46.2 Å². The minimum Gasteiger partial charge on any atom is -0.379 e. The van der Waals surface area contributed by atoms with E-state index in [0.29, 0.717) is 12.5 Å². The van der Waals surface area contributed by atoms with Gasteiger partial charge in [-0.1, -0.05) is 48.8 Å². The number of ether oxygens (including phenoxy) is 1. The van der Waals surface area contributed by atoms with Crippen LogP contribution in [0.3, 0.4) is 0 Å². The quantitative estimate of drug-likeness (QED) is 0.511. The lowest BCUT2D eigenvalue weighted by atomic mass is 10.0. The standard InChI is InChI=1S/C23H35N5O2/c1-5-24-23(25-15-20-14-21(17(2)3)27-30-20)26-16-22(28-10-12-29-13-11-28)19-8-6-18(4)7-9-19/h6-9,14,17,22H,5,10-13,15-16H2,1-4H3,(H2,24,25,26). The summed E-state index contributed by atoms with van der Waals surface area (Å²) < 4.78 is 11.0. The Morgan fingerprint density at radius 1 is 1.17 bits per heavy atom. The summed E-state index contributed by atoms with van der Waals surface area (Å²) in [5.41, 5.74) is 3.54. The van der Waals surface area contributed by atoms with Gasteiger partial charge in [0.2, 0.25) is 0 Å².